The van der Waals surface area contributed by atoms with Crippen molar-refractivity contribution in [2.75, 3.05) is 19.8 Å². The van der Waals surface area contributed by atoms with Gasteiger partial charge < -0.3 is 14.4 Å². The van der Waals surface area contributed by atoms with Crippen LogP contribution in [0, 0.1) is 0 Å². The zero-order chi connectivity index (χ0) is 22.6. The number of ether oxygens (including phenoxy) is 2. The fraction of sp³-hybridized carbons (Fsp3) is 0.348. The average molecular weight is 507 g/mol. The Hall–Kier alpha value is -2.45. The minimum Gasteiger partial charge on any atom is -0.492 e. The molecule has 8 heteroatoms. The number of carbonyl (C=O) groups excluding carboxylic acids is 2. The summed E-state index contributed by atoms with van der Waals surface area (Å²) < 4.78 is 11.3. The van der Waals surface area contributed by atoms with Crippen LogP contribution in [0.15, 0.2) is 53.0 Å². The van der Waals surface area contributed by atoms with E-state index in [9.17, 15) is 9.59 Å². The third-order valence-corrected chi connectivity index (χ3v) is 5.25. The third kappa shape index (κ3) is 8.30. The Bertz CT molecular complexity index is 892. The molecule has 1 N–H and O–H groups in total. The van der Waals surface area contributed by atoms with Gasteiger partial charge in [-0.05, 0) is 65.3 Å². The predicted octanol–water partition coefficient (Wildman–Crippen LogP) is 4.71. The van der Waals surface area contributed by atoms with E-state index in [1.54, 1.807) is 30.0 Å². The van der Waals surface area contributed by atoms with E-state index >= 15 is 0 Å². The van der Waals surface area contributed by atoms with Gasteiger partial charge in [-0.15, -0.1) is 0 Å². The standard InChI is InChI=1S/C23H27BrN2O4S/c1-3-14-30-20-11-10-18(15-19(20)24)22(28)25-23(31)26(13-12-21(27)29-4-2)16-17-8-6-5-7-9-17/h5-11,15H,3-4,12-14,16H2,1-2H3,(H,25,28,31). The molecule has 0 aliphatic heterocycles. The average Bonchev–Trinajstić information content (AvgIpc) is 2.76. The Kier molecular flexibility index (Phi) is 10.5. The third-order valence-electron chi connectivity index (χ3n) is 4.27. The molecule has 0 saturated carbocycles. The lowest BCUT2D eigenvalue weighted by molar-refractivity contribution is -0.143. The molecular weight excluding hydrogens is 480 g/mol. The van der Waals surface area contributed by atoms with Crippen LogP contribution in [0.4, 0.5) is 0 Å². The van der Waals surface area contributed by atoms with Crippen LogP contribution in [0.5, 0.6) is 5.75 Å². The molecule has 2 aromatic rings. The highest BCUT2D eigenvalue weighted by Crippen LogP contribution is 2.26. The summed E-state index contributed by atoms with van der Waals surface area (Å²) in [5.74, 6) is 0.0457. The van der Waals surface area contributed by atoms with Gasteiger partial charge in [-0.3, -0.25) is 14.9 Å². The molecule has 0 heterocycles. The van der Waals surface area contributed by atoms with Crippen LogP contribution < -0.4 is 10.1 Å². The van der Waals surface area contributed by atoms with E-state index in [1.807, 2.05) is 37.3 Å². The Morgan fingerprint density at radius 3 is 2.52 bits per heavy atom. The van der Waals surface area contributed by atoms with Gasteiger partial charge in [-0.2, -0.15) is 0 Å². The number of thiocarbonyl (C=S) groups is 1. The van der Waals surface area contributed by atoms with Crippen molar-refractivity contribution in [3.63, 3.8) is 0 Å². The van der Waals surface area contributed by atoms with Crippen molar-refractivity contribution in [3.8, 4) is 5.75 Å². The smallest absolute Gasteiger partial charge is 0.307 e. The summed E-state index contributed by atoms with van der Waals surface area (Å²) in [6, 6.07) is 14.9. The number of amides is 1. The Morgan fingerprint density at radius 1 is 1.13 bits per heavy atom. The van der Waals surface area contributed by atoms with E-state index in [0.29, 0.717) is 42.1 Å². The molecule has 0 aromatic heterocycles. The number of nitrogens with one attached hydrogen (secondary N) is 1. The first kappa shape index (κ1) is 24.8. The summed E-state index contributed by atoms with van der Waals surface area (Å²) in [6.07, 6.45) is 1.07. The minimum absolute atomic E-state index is 0.172. The van der Waals surface area contributed by atoms with Gasteiger partial charge in [0.25, 0.3) is 5.91 Å². The Morgan fingerprint density at radius 2 is 1.87 bits per heavy atom. The highest BCUT2D eigenvalue weighted by molar-refractivity contribution is 9.10. The monoisotopic (exact) mass is 506 g/mol. The summed E-state index contributed by atoms with van der Waals surface area (Å²) in [7, 11) is 0. The Labute approximate surface area is 197 Å². The van der Waals surface area contributed by atoms with Gasteiger partial charge >= 0.3 is 5.97 Å². The van der Waals surface area contributed by atoms with Crippen molar-refractivity contribution in [3.05, 3.63) is 64.1 Å². The van der Waals surface area contributed by atoms with E-state index in [-0.39, 0.29) is 23.4 Å². The fourth-order valence-corrected chi connectivity index (χ4v) is 3.48. The van der Waals surface area contributed by atoms with Crippen molar-refractivity contribution in [1.82, 2.24) is 10.2 Å². The van der Waals surface area contributed by atoms with E-state index in [4.69, 9.17) is 21.7 Å². The number of halogens is 1. The quantitative estimate of drug-likeness (QED) is 0.371. The van der Waals surface area contributed by atoms with Crippen molar-refractivity contribution in [2.45, 2.75) is 33.2 Å². The molecule has 166 valence electrons. The van der Waals surface area contributed by atoms with Crippen molar-refractivity contribution in [2.24, 2.45) is 0 Å². The lowest BCUT2D eigenvalue weighted by atomic mass is 10.2. The van der Waals surface area contributed by atoms with Crippen LogP contribution in [0.2, 0.25) is 0 Å². The molecule has 0 unspecified atom stereocenters. The molecule has 0 atom stereocenters. The lowest BCUT2D eigenvalue weighted by Gasteiger charge is -2.25. The molecular formula is C23H27BrN2O4S. The molecule has 0 fully saturated rings. The largest absolute Gasteiger partial charge is 0.492 e. The van der Waals surface area contributed by atoms with Crippen LogP contribution in [-0.4, -0.2) is 41.6 Å². The SMILES string of the molecule is CCCOc1ccc(C(=O)NC(=S)N(CCC(=O)OCC)Cc2ccccc2)cc1Br. The van der Waals surface area contributed by atoms with E-state index in [0.717, 1.165) is 12.0 Å². The molecule has 0 radical (unpaired) electrons. The second kappa shape index (κ2) is 13.1. The van der Waals surface area contributed by atoms with Gasteiger partial charge in [0.1, 0.15) is 5.75 Å². The molecule has 0 aliphatic rings. The first-order valence-electron chi connectivity index (χ1n) is 10.2. The van der Waals surface area contributed by atoms with E-state index in [2.05, 4.69) is 21.2 Å². The molecule has 0 bridgehead atoms. The second-order valence-electron chi connectivity index (χ2n) is 6.72. The number of rotatable bonds is 10. The maximum absolute atomic E-state index is 12.8. The van der Waals surface area contributed by atoms with Crippen molar-refractivity contribution >= 4 is 45.1 Å². The van der Waals surface area contributed by atoms with Gasteiger partial charge in [-0.1, -0.05) is 37.3 Å². The Balaban J connectivity index is 2.07. The van der Waals surface area contributed by atoms with Crippen LogP contribution in [0.25, 0.3) is 0 Å². The van der Waals surface area contributed by atoms with Gasteiger partial charge in [0, 0.05) is 18.7 Å². The summed E-state index contributed by atoms with van der Waals surface area (Å²) in [5, 5.41) is 3.02. The molecule has 0 aliphatic carbocycles. The number of hydrogen-bond acceptors (Lipinski definition) is 5. The summed E-state index contributed by atoms with van der Waals surface area (Å²) in [5.41, 5.74) is 1.46. The van der Waals surface area contributed by atoms with Crippen LogP contribution >= 0.6 is 28.1 Å². The topological polar surface area (TPSA) is 67.9 Å². The molecule has 0 saturated heterocycles. The fourth-order valence-electron chi connectivity index (χ4n) is 2.74. The zero-order valence-electron chi connectivity index (χ0n) is 17.7. The number of hydrogen-bond donors (Lipinski definition) is 1. The van der Waals surface area contributed by atoms with Crippen molar-refractivity contribution < 1.29 is 19.1 Å². The van der Waals surface area contributed by atoms with Crippen LogP contribution in [-0.2, 0) is 16.1 Å². The molecule has 31 heavy (non-hydrogen) atoms. The van der Waals surface area contributed by atoms with Gasteiger partial charge in [0.2, 0.25) is 0 Å². The van der Waals surface area contributed by atoms with Gasteiger partial charge in [0.15, 0.2) is 5.11 Å². The molecule has 0 spiro atoms. The molecule has 2 rings (SSSR count). The maximum atomic E-state index is 12.8. The van der Waals surface area contributed by atoms with Gasteiger partial charge in [-0.25, -0.2) is 0 Å². The van der Waals surface area contributed by atoms with Gasteiger partial charge in [0.05, 0.1) is 24.1 Å². The first-order chi connectivity index (χ1) is 14.9. The first-order valence-corrected chi connectivity index (χ1v) is 11.4. The maximum Gasteiger partial charge on any atom is 0.307 e. The number of nitrogens with zero attached hydrogens (tertiary/aromatic N) is 1. The summed E-state index contributed by atoms with van der Waals surface area (Å²) >= 11 is 8.93. The second-order valence-corrected chi connectivity index (χ2v) is 7.96. The summed E-state index contributed by atoms with van der Waals surface area (Å²) in [4.78, 5) is 26.4. The van der Waals surface area contributed by atoms with Crippen LogP contribution in [0.3, 0.4) is 0 Å². The lowest BCUT2D eigenvalue weighted by Crippen LogP contribution is -2.43. The normalized spacial score (nSPS) is 10.3. The van der Waals surface area contributed by atoms with E-state index in [1.165, 1.54) is 0 Å². The molecule has 1 amide bonds. The zero-order valence-corrected chi connectivity index (χ0v) is 20.1. The van der Waals surface area contributed by atoms with E-state index < -0.39 is 0 Å². The predicted molar refractivity (Wildman–Crippen MR) is 128 cm³/mol. The van der Waals surface area contributed by atoms with Crippen molar-refractivity contribution in [1.29, 1.82) is 0 Å². The number of esters is 1. The summed E-state index contributed by atoms with van der Waals surface area (Å²) in [6.45, 7) is 5.52. The minimum atomic E-state index is -0.332. The highest BCUT2D eigenvalue weighted by Gasteiger charge is 2.17. The number of benzene rings is 2. The highest BCUT2D eigenvalue weighted by atomic mass is 79.9. The molecule has 6 nitrogen and oxygen atoms in total. The van der Waals surface area contributed by atoms with Crippen LogP contribution in [0.1, 0.15) is 42.6 Å². The number of carbonyl (C=O) groups is 2. The molecule has 2 aromatic carbocycles.